The minimum absolute atomic E-state index is 0.0156. The fourth-order valence-corrected chi connectivity index (χ4v) is 2.89. The number of carbonyl (C=O) groups is 1. The fourth-order valence-electron chi connectivity index (χ4n) is 2.89. The average Bonchev–Trinajstić information content (AvgIpc) is 2.47. The van der Waals surface area contributed by atoms with E-state index in [0.717, 1.165) is 38.6 Å². The lowest BCUT2D eigenvalue weighted by molar-refractivity contribution is -0.139. The predicted octanol–water partition coefficient (Wildman–Crippen LogP) is 3.12. The lowest BCUT2D eigenvalue weighted by atomic mass is 9.94. The molecule has 1 fully saturated rings. The second-order valence-electron chi connectivity index (χ2n) is 5.71. The molecule has 108 valence electrons. The molecule has 1 saturated carbocycles. The van der Waals surface area contributed by atoms with E-state index in [1.54, 1.807) is 0 Å². The van der Waals surface area contributed by atoms with E-state index in [4.69, 9.17) is 8.05 Å². The molecule has 0 aromatic carbocycles. The number of hydrogen-bond acceptors (Lipinski definition) is 3. The molecule has 0 aromatic heterocycles. The highest BCUT2D eigenvalue weighted by atomic mass is 16.5. The van der Waals surface area contributed by atoms with Gasteiger partial charge in [-0.1, -0.05) is 39.0 Å². The Labute approximate surface area is 119 Å². The summed E-state index contributed by atoms with van der Waals surface area (Å²) in [5.74, 6) is -0.260. The Hall–Kier alpha value is -0.505. The summed E-state index contributed by atoms with van der Waals surface area (Å²) in [5, 5.41) is 3.61. The number of unbranched alkanes of at least 4 members (excludes halogenated alkanes) is 1. The molecule has 4 heteroatoms. The lowest BCUT2D eigenvalue weighted by Crippen LogP contribution is -2.32. The van der Waals surface area contributed by atoms with Crippen molar-refractivity contribution in [3.8, 4) is 0 Å². The molecule has 0 bridgehead atoms. The molecule has 0 amide bonds. The summed E-state index contributed by atoms with van der Waals surface area (Å²) in [5.41, 5.74) is 0. The Morgan fingerprint density at radius 1 is 1.26 bits per heavy atom. The molecule has 0 saturated heterocycles. The van der Waals surface area contributed by atoms with Crippen molar-refractivity contribution >= 4 is 14.0 Å². The molecular weight excluding hydrogens is 237 g/mol. The van der Waals surface area contributed by atoms with Crippen molar-refractivity contribution in [3.05, 3.63) is 0 Å². The molecule has 0 spiro atoms. The molecule has 0 aromatic rings. The second-order valence-corrected chi connectivity index (χ2v) is 5.71. The SMILES string of the molecule is [B]OC(=O)C(CCCC)CCCNC1CCCCC1. The van der Waals surface area contributed by atoms with Crippen LogP contribution in [-0.2, 0) is 9.45 Å². The van der Waals surface area contributed by atoms with Crippen molar-refractivity contribution < 1.29 is 9.45 Å². The maximum Gasteiger partial charge on any atom is 0.378 e. The van der Waals surface area contributed by atoms with Gasteiger partial charge in [0.15, 0.2) is 0 Å². The zero-order chi connectivity index (χ0) is 13.9. The largest absolute Gasteiger partial charge is 0.543 e. The zero-order valence-electron chi connectivity index (χ0n) is 12.3. The second kappa shape index (κ2) is 10.3. The summed E-state index contributed by atoms with van der Waals surface area (Å²) >= 11 is 0. The van der Waals surface area contributed by atoms with Crippen LogP contribution in [0.5, 0.6) is 0 Å². The smallest absolute Gasteiger partial charge is 0.378 e. The minimum Gasteiger partial charge on any atom is -0.543 e. The van der Waals surface area contributed by atoms with Crippen molar-refractivity contribution in [2.24, 2.45) is 5.92 Å². The van der Waals surface area contributed by atoms with Crippen molar-refractivity contribution in [3.63, 3.8) is 0 Å². The number of carbonyl (C=O) groups excluding carboxylic acids is 1. The first-order valence-corrected chi connectivity index (χ1v) is 7.91. The Bertz CT molecular complexity index is 242. The van der Waals surface area contributed by atoms with Crippen LogP contribution in [0.4, 0.5) is 0 Å². The highest BCUT2D eigenvalue weighted by Gasteiger charge is 2.18. The summed E-state index contributed by atoms with van der Waals surface area (Å²) in [7, 11) is 5.00. The van der Waals surface area contributed by atoms with E-state index >= 15 is 0 Å². The molecule has 1 aliphatic carbocycles. The highest BCUT2D eigenvalue weighted by molar-refractivity contribution is 6.05. The van der Waals surface area contributed by atoms with Crippen molar-refractivity contribution in [2.45, 2.75) is 77.2 Å². The van der Waals surface area contributed by atoms with Gasteiger partial charge in [0.1, 0.15) is 0 Å². The first-order valence-electron chi connectivity index (χ1n) is 7.91. The van der Waals surface area contributed by atoms with Crippen molar-refractivity contribution in [1.29, 1.82) is 0 Å². The number of rotatable bonds is 9. The summed E-state index contributed by atoms with van der Waals surface area (Å²) in [6.07, 6.45) is 11.7. The number of hydrogen-bond donors (Lipinski definition) is 1. The molecule has 1 atom stereocenters. The monoisotopic (exact) mass is 265 g/mol. The van der Waals surface area contributed by atoms with Gasteiger partial charge < -0.3 is 9.97 Å². The van der Waals surface area contributed by atoms with Gasteiger partial charge >= 0.3 is 8.05 Å². The van der Waals surface area contributed by atoms with Gasteiger partial charge in [0, 0.05) is 6.04 Å². The normalized spacial score (nSPS) is 18.2. The Balaban J connectivity index is 2.14. The maximum absolute atomic E-state index is 11.5. The Morgan fingerprint density at radius 3 is 2.58 bits per heavy atom. The van der Waals surface area contributed by atoms with Crippen LogP contribution in [-0.4, -0.2) is 26.6 Å². The van der Waals surface area contributed by atoms with E-state index in [0.29, 0.717) is 6.04 Å². The van der Waals surface area contributed by atoms with Crippen LogP contribution in [0.1, 0.15) is 71.1 Å². The average molecular weight is 265 g/mol. The van der Waals surface area contributed by atoms with E-state index in [1.807, 2.05) is 0 Å². The minimum atomic E-state index is -0.244. The van der Waals surface area contributed by atoms with Crippen LogP contribution in [0.25, 0.3) is 0 Å². The first kappa shape index (κ1) is 16.5. The van der Waals surface area contributed by atoms with Gasteiger partial charge in [0.05, 0.1) is 5.92 Å². The third-order valence-electron chi connectivity index (χ3n) is 4.12. The molecule has 2 radical (unpaired) electrons. The zero-order valence-corrected chi connectivity index (χ0v) is 12.3. The third kappa shape index (κ3) is 7.00. The Kier molecular flexibility index (Phi) is 8.97. The van der Waals surface area contributed by atoms with Gasteiger partial charge in [0.2, 0.25) is 0 Å². The quantitative estimate of drug-likeness (QED) is 0.514. The van der Waals surface area contributed by atoms with Crippen molar-refractivity contribution in [2.75, 3.05) is 6.54 Å². The van der Waals surface area contributed by atoms with Crippen LogP contribution in [0, 0.1) is 5.92 Å². The molecule has 1 unspecified atom stereocenters. The van der Waals surface area contributed by atoms with Gasteiger partial charge in [-0.2, -0.15) is 0 Å². The van der Waals surface area contributed by atoms with Gasteiger partial charge in [-0.15, -0.1) is 0 Å². The number of nitrogens with one attached hydrogen (secondary N) is 1. The predicted molar refractivity (Wildman–Crippen MR) is 79.0 cm³/mol. The topological polar surface area (TPSA) is 38.3 Å². The molecule has 19 heavy (non-hydrogen) atoms. The van der Waals surface area contributed by atoms with Gasteiger partial charge in [-0.05, 0) is 38.6 Å². The first-order chi connectivity index (χ1) is 9.27. The third-order valence-corrected chi connectivity index (χ3v) is 4.12. The van der Waals surface area contributed by atoms with Crippen LogP contribution in [0.15, 0.2) is 0 Å². The molecule has 0 aliphatic heterocycles. The van der Waals surface area contributed by atoms with Gasteiger partial charge in [-0.25, -0.2) is 0 Å². The standard InChI is InChI=1S/C15H28BNO2/c1-2-3-8-13(15(18)19-16)9-7-12-17-14-10-5-4-6-11-14/h13-14,17H,2-12H2,1H3. The van der Waals surface area contributed by atoms with Gasteiger partial charge in [-0.3, -0.25) is 4.79 Å². The van der Waals surface area contributed by atoms with Crippen LogP contribution < -0.4 is 5.32 Å². The molecule has 1 rings (SSSR count). The van der Waals surface area contributed by atoms with E-state index in [1.165, 1.54) is 32.1 Å². The molecule has 3 nitrogen and oxygen atoms in total. The molecule has 1 aliphatic rings. The maximum atomic E-state index is 11.5. The Morgan fingerprint density at radius 2 is 1.95 bits per heavy atom. The highest BCUT2D eigenvalue weighted by Crippen LogP contribution is 2.19. The van der Waals surface area contributed by atoms with Crippen molar-refractivity contribution in [1.82, 2.24) is 5.32 Å². The fraction of sp³-hybridized carbons (Fsp3) is 0.933. The summed E-state index contributed by atoms with van der Waals surface area (Å²) < 4.78 is 4.40. The summed E-state index contributed by atoms with van der Waals surface area (Å²) in [6.45, 7) is 3.14. The molecule has 1 N–H and O–H groups in total. The van der Waals surface area contributed by atoms with E-state index in [-0.39, 0.29) is 11.9 Å². The van der Waals surface area contributed by atoms with E-state index in [9.17, 15) is 4.79 Å². The summed E-state index contributed by atoms with van der Waals surface area (Å²) in [4.78, 5) is 11.5. The van der Waals surface area contributed by atoms with Crippen LogP contribution in [0.2, 0.25) is 0 Å². The van der Waals surface area contributed by atoms with E-state index in [2.05, 4.69) is 16.9 Å². The van der Waals surface area contributed by atoms with Crippen LogP contribution >= 0.6 is 0 Å². The van der Waals surface area contributed by atoms with E-state index < -0.39 is 0 Å². The molecular formula is C15H28BNO2. The summed E-state index contributed by atoms with van der Waals surface area (Å²) in [6, 6.07) is 0.698. The van der Waals surface area contributed by atoms with Crippen LogP contribution in [0.3, 0.4) is 0 Å². The van der Waals surface area contributed by atoms with Gasteiger partial charge in [0.25, 0.3) is 5.97 Å². The lowest BCUT2D eigenvalue weighted by Gasteiger charge is -2.23. The molecule has 0 heterocycles.